The molecule has 22 heavy (non-hydrogen) atoms. The SMILES string of the molecule is Cc1cc(NCCC(=O)Nc2ccc(Cl)cc2C)ccc1Br. The minimum absolute atomic E-state index is 0.0215. The molecule has 5 heteroatoms. The lowest BCUT2D eigenvalue weighted by Gasteiger charge is -2.10. The van der Waals surface area contributed by atoms with E-state index in [-0.39, 0.29) is 5.91 Å². The summed E-state index contributed by atoms with van der Waals surface area (Å²) in [6, 6.07) is 11.5. The summed E-state index contributed by atoms with van der Waals surface area (Å²) in [6.07, 6.45) is 0.400. The number of benzene rings is 2. The Labute approximate surface area is 144 Å². The number of rotatable bonds is 5. The Morgan fingerprint density at radius 3 is 2.59 bits per heavy atom. The second kappa shape index (κ2) is 7.65. The van der Waals surface area contributed by atoms with Crippen molar-refractivity contribution in [2.75, 3.05) is 17.2 Å². The molecule has 0 spiro atoms. The van der Waals surface area contributed by atoms with Gasteiger partial charge in [0.1, 0.15) is 0 Å². The minimum Gasteiger partial charge on any atom is -0.385 e. The van der Waals surface area contributed by atoms with E-state index in [9.17, 15) is 4.79 Å². The van der Waals surface area contributed by atoms with Crippen molar-refractivity contribution < 1.29 is 4.79 Å². The molecule has 2 rings (SSSR count). The number of carbonyl (C=O) groups excluding carboxylic acids is 1. The summed E-state index contributed by atoms with van der Waals surface area (Å²) in [6.45, 7) is 4.54. The number of amides is 1. The van der Waals surface area contributed by atoms with Gasteiger partial charge in [0.25, 0.3) is 0 Å². The predicted molar refractivity (Wildman–Crippen MR) is 96.8 cm³/mol. The molecule has 0 aliphatic rings. The fourth-order valence-electron chi connectivity index (χ4n) is 2.06. The van der Waals surface area contributed by atoms with Crippen molar-refractivity contribution in [3.05, 3.63) is 57.0 Å². The quantitative estimate of drug-likeness (QED) is 0.751. The Morgan fingerprint density at radius 1 is 1.14 bits per heavy atom. The van der Waals surface area contributed by atoms with Crippen LogP contribution in [0.1, 0.15) is 17.5 Å². The Hall–Kier alpha value is -1.52. The van der Waals surface area contributed by atoms with Crippen LogP contribution in [0, 0.1) is 13.8 Å². The second-order valence-electron chi connectivity index (χ2n) is 5.15. The molecule has 0 aliphatic carbocycles. The molecule has 3 nitrogen and oxygen atoms in total. The highest BCUT2D eigenvalue weighted by Crippen LogP contribution is 2.21. The van der Waals surface area contributed by atoms with Gasteiger partial charge in [-0.3, -0.25) is 4.79 Å². The molecular formula is C17H18BrClN2O. The zero-order chi connectivity index (χ0) is 16.1. The van der Waals surface area contributed by atoms with Gasteiger partial charge in [-0.1, -0.05) is 27.5 Å². The zero-order valence-corrected chi connectivity index (χ0v) is 14.9. The molecule has 2 aromatic rings. The molecule has 0 unspecified atom stereocenters. The highest BCUT2D eigenvalue weighted by molar-refractivity contribution is 9.10. The van der Waals surface area contributed by atoms with Crippen LogP contribution in [0.25, 0.3) is 0 Å². The van der Waals surface area contributed by atoms with Crippen LogP contribution in [0.5, 0.6) is 0 Å². The minimum atomic E-state index is -0.0215. The van der Waals surface area contributed by atoms with Crippen molar-refractivity contribution in [3.63, 3.8) is 0 Å². The summed E-state index contributed by atoms with van der Waals surface area (Å²) in [7, 11) is 0. The predicted octanol–water partition coefficient (Wildman–Crippen LogP) is 5.16. The lowest BCUT2D eigenvalue weighted by Crippen LogP contribution is -2.16. The van der Waals surface area contributed by atoms with Crippen LogP contribution >= 0.6 is 27.5 Å². The Kier molecular flexibility index (Phi) is 5.86. The van der Waals surface area contributed by atoms with Crippen LogP contribution in [0.2, 0.25) is 5.02 Å². The fraction of sp³-hybridized carbons (Fsp3) is 0.235. The van der Waals surface area contributed by atoms with E-state index >= 15 is 0 Å². The molecule has 2 aromatic carbocycles. The van der Waals surface area contributed by atoms with Crippen LogP contribution < -0.4 is 10.6 Å². The summed E-state index contributed by atoms with van der Waals surface area (Å²) < 4.78 is 1.08. The molecule has 0 saturated heterocycles. The monoisotopic (exact) mass is 380 g/mol. The molecule has 0 atom stereocenters. The first-order valence-electron chi connectivity index (χ1n) is 7.02. The molecule has 0 heterocycles. The largest absolute Gasteiger partial charge is 0.385 e. The van der Waals surface area contributed by atoms with E-state index in [4.69, 9.17) is 11.6 Å². The van der Waals surface area contributed by atoms with Crippen LogP contribution in [-0.2, 0) is 4.79 Å². The smallest absolute Gasteiger partial charge is 0.226 e. The maximum Gasteiger partial charge on any atom is 0.226 e. The number of aryl methyl sites for hydroxylation is 2. The van der Waals surface area contributed by atoms with E-state index in [1.54, 1.807) is 6.07 Å². The van der Waals surface area contributed by atoms with Crippen LogP contribution in [0.4, 0.5) is 11.4 Å². The zero-order valence-electron chi connectivity index (χ0n) is 12.5. The molecular weight excluding hydrogens is 364 g/mol. The number of nitrogens with one attached hydrogen (secondary N) is 2. The van der Waals surface area contributed by atoms with E-state index < -0.39 is 0 Å². The maximum absolute atomic E-state index is 12.0. The number of hydrogen-bond acceptors (Lipinski definition) is 2. The van der Waals surface area contributed by atoms with Gasteiger partial charge in [0, 0.05) is 33.8 Å². The molecule has 116 valence electrons. The highest BCUT2D eigenvalue weighted by Gasteiger charge is 2.05. The third-order valence-corrected chi connectivity index (χ3v) is 4.43. The second-order valence-corrected chi connectivity index (χ2v) is 6.44. The molecule has 0 aromatic heterocycles. The molecule has 0 saturated carbocycles. The number of halogens is 2. The van der Waals surface area contributed by atoms with E-state index in [0.29, 0.717) is 18.0 Å². The van der Waals surface area contributed by atoms with Gasteiger partial charge >= 0.3 is 0 Å². The third kappa shape index (κ3) is 4.75. The van der Waals surface area contributed by atoms with Gasteiger partial charge in [0.05, 0.1) is 0 Å². The Balaban J connectivity index is 1.83. The highest BCUT2D eigenvalue weighted by atomic mass is 79.9. The Morgan fingerprint density at radius 2 is 1.91 bits per heavy atom. The summed E-state index contributed by atoms with van der Waals surface area (Å²) in [5.41, 5.74) is 3.92. The van der Waals surface area contributed by atoms with Gasteiger partial charge in [0.2, 0.25) is 5.91 Å². The average molecular weight is 382 g/mol. The van der Waals surface area contributed by atoms with Crippen LogP contribution in [0.15, 0.2) is 40.9 Å². The molecule has 2 N–H and O–H groups in total. The maximum atomic E-state index is 12.0. The average Bonchev–Trinajstić information content (AvgIpc) is 2.46. The third-order valence-electron chi connectivity index (χ3n) is 3.30. The standard InChI is InChI=1S/C17H18BrClN2O/c1-11-10-14(4-5-15(11)18)20-8-7-17(22)21-16-6-3-13(19)9-12(16)2/h3-6,9-10,20H,7-8H2,1-2H3,(H,21,22). The molecule has 1 amide bonds. The number of carbonyl (C=O) groups is 1. The van der Waals surface area contributed by atoms with Crippen molar-refractivity contribution in [2.45, 2.75) is 20.3 Å². The van der Waals surface area contributed by atoms with E-state index in [1.165, 1.54) is 0 Å². The van der Waals surface area contributed by atoms with E-state index in [1.807, 2.05) is 44.2 Å². The fourth-order valence-corrected chi connectivity index (χ4v) is 2.53. The first-order chi connectivity index (χ1) is 10.5. The summed E-state index contributed by atoms with van der Waals surface area (Å²) in [5, 5.41) is 6.82. The lowest BCUT2D eigenvalue weighted by atomic mass is 10.2. The van der Waals surface area contributed by atoms with Crippen molar-refractivity contribution in [1.29, 1.82) is 0 Å². The molecule has 0 aliphatic heterocycles. The lowest BCUT2D eigenvalue weighted by molar-refractivity contribution is -0.115. The van der Waals surface area contributed by atoms with Crippen molar-refractivity contribution in [1.82, 2.24) is 0 Å². The topological polar surface area (TPSA) is 41.1 Å². The summed E-state index contributed by atoms with van der Waals surface area (Å²) in [4.78, 5) is 12.0. The van der Waals surface area contributed by atoms with E-state index in [0.717, 1.165) is 27.0 Å². The van der Waals surface area contributed by atoms with Gasteiger partial charge in [-0.15, -0.1) is 0 Å². The van der Waals surface area contributed by atoms with Crippen molar-refractivity contribution in [3.8, 4) is 0 Å². The van der Waals surface area contributed by atoms with Crippen LogP contribution in [-0.4, -0.2) is 12.5 Å². The Bertz CT molecular complexity index is 688. The first-order valence-corrected chi connectivity index (χ1v) is 8.19. The van der Waals surface area contributed by atoms with Gasteiger partial charge in [-0.2, -0.15) is 0 Å². The molecule has 0 bridgehead atoms. The van der Waals surface area contributed by atoms with Crippen molar-refractivity contribution in [2.24, 2.45) is 0 Å². The number of anilines is 2. The van der Waals surface area contributed by atoms with Crippen molar-refractivity contribution >= 4 is 44.8 Å². The van der Waals surface area contributed by atoms with Gasteiger partial charge in [-0.05, 0) is 61.4 Å². The van der Waals surface area contributed by atoms with Gasteiger partial charge in [0.15, 0.2) is 0 Å². The van der Waals surface area contributed by atoms with E-state index in [2.05, 4.69) is 26.6 Å². The summed E-state index contributed by atoms with van der Waals surface area (Å²) >= 11 is 9.37. The first kappa shape index (κ1) is 16.8. The number of hydrogen-bond donors (Lipinski definition) is 2. The van der Waals surface area contributed by atoms with Crippen LogP contribution in [0.3, 0.4) is 0 Å². The molecule has 0 fully saturated rings. The van der Waals surface area contributed by atoms with Gasteiger partial charge in [-0.25, -0.2) is 0 Å². The summed E-state index contributed by atoms with van der Waals surface area (Å²) in [5.74, 6) is -0.0215. The molecule has 0 radical (unpaired) electrons. The van der Waals surface area contributed by atoms with Gasteiger partial charge < -0.3 is 10.6 Å². The normalized spacial score (nSPS) is 10.4.